The third kappa shape index (κ3) is 3.59. The smallest absolute Gasteiger partial charge is 0.369 e. The molecule has 11 heteroatoms. The summed E-state index contributed by atoms with van der Waals surface area (Å²) in [5.74, 6) is -0.643. The number of aromatic nitrogens is 3. The van der Waals surface area contributed by atoms with Crippen LogP contribution in [0.3, 0.4) is 0 Å². The Bertz CT molecular complexity index is 790. The van der Waals surface area contributed by atoms with Crippen LogP contribution in [-0.4, -0.2) is 20.9 Å². The number of alkyl halides is 3. The molecule has 2 rings (SSSR count). The van der Waals surface area contributed by atoms with E-state index in [1.807, 2.05) is 0 Å². The van der Waals surface area contributed by atoms with Crippen molar-refractivity contribution >= 4 is 39.8 Å². The van der Waals surface area contributed by atoms with Crippen molar-refractivity contribution in [3.05, 3.63) is 27.6 Å². The minimum atomic E-state index is -4.52. The molecule has 6 nitrogen and oxygen atoms in total. The fourth-order valence-electron chi connectivity index (χ4n) is 1.66. The lowest BCUT2D eigenvalue weighted by atomic mass is 9.94. The van der Waals surface area contributed by atoms with E-state index < -0.39 is 23.1 Å². The minimum absolute atomic E-state index is 0.0467. The van der Waals surface area contributed by atoms with Gasteiger partial charge in [0.1, 0.15) is 10.0 Å². The predicted molar refractivity (Wildman–Crippen MR) is 84.4 cm³/mol. The molecule has 0 bridgehead atoms. The lowest BCUT2D eigenvalue weighted by Gasteiger charge is -2.16. The first kappa shape index (κ1) is 18.4. The molecule has 0 aromatic carbocycles. The fraction of sp³-hybridized carbons (Fsp3) is 0.385. The summed E-state index contributed by atoms with van der Waals surface area (Å²) in [6.45, 7) is 4.41. The van der Waals surface area contributed by atoms with Crippen molar-refractivity contribution < 1.29 is 18.0 Å². The van der Waals surface area contributed by atoms with Crippen molar-refractivity contribution in [3.8, 4) is 0 Å². The van der Waals surface area contributed by atoms with E-state index >= 15 is 0 Å². The highest BCUT2D eigenvalue weighted by Crippen LogP contribution is 2.37. The number of nitrogens with two attached hydrogens (primary N) is 1. The summed E-state index contributed by atoms with van der Waals surface area (Å²) >= 11 is 7.05. The third-order valence-electron chi connectivity index (χ3n) is 3.25. The lowest BCUT2D eigenvalue weighted by Crippen LogP contribution is -2.35. The summed E-state index contributed by atoms with van der Waals surface area (Å²) in [6, 6.07) is 0. The van der Waals surface area contributed by atoms with E-state index in [-0.39, 0.29) is 16.8 Å². The van der Waals surface area contributed by atoms with Gasteiger partial charge in [0, 0.05) is 6.20 Å². The second kappa shape index (κ2) is 6.17. The van der Waals surface area contributed by atoms with Crippen LogP contribution in [0.15, 0.2) is 6.20 Å². The average molecular weight is 380 g/mol. The van der Waals surface area contributed by atoms with Gasteiger partial charge < -0.3 is 11.1 Å². The summed E-state index contributed by atoms with van der Waals surface area (Å²) in [5.41, 5.74) is 3.15. The molecule has 2 aromatic rings. The number of nitrogens with one attached hydrogen (secondary N) is 1. The van der Waals surface area contributed by atoms with Crippen molar-refractivity contribution in [2.45, 2.75) is 32.4 Å². The maximum atomic E-state index is 12.7. The quantitative estimate of drug-likeness (QED) is 0.848. The Labute approximate surface area is 144 Å². The minimum Gasteiger partial charge on any atom is -0.369 e. The highest BCUT2D eigenvalue weighted by atomic mass is 35.5. The van der Waals surface area contributed by atoms with Gasteiger partial charge in [-0.2, -0.15) is 13.2 Å². The van der Waals surface area contributed by atoms with Crippen molar-refractivity contribution in [3.63, 3.8) is 0 Å². The van der Waals surface area contributed by atoms with Crippen LogP contribution in [0.5, 0.6) is 0 Å². The first-order valence-corrected chi connectivity index (χ1v) is 7.77. The van der Waals surface area contributed by atoms with Gasteiger partial charge in [-0.15, -0.1) is 0 Å². The maximum Gasteiger partial charge on any atom is 0.419 e. The van der Waals surface area contributed by atoms with Crippen LogP contribution < -0.4 is 11.1 Å². The average Bonchev–Trinajstić information content (AvgIpc) is 2.79. The van der Waals surface area contributed by atoms with E-state index in [1.165, 1.54) is 6.92 Å². The Hall–Kier alpha value is -1.94. The normalized spacial score (nSPS) is 12.3. The van der Waals surface area contributed by atoms with E-state index in [0.29, 0.717) is 16.2 Å². The second-order valence-electron chi connectivity index (χ2n) is 5.44. The molecule has 0 aliphatic rings. The van der Waals surface area contributed by atoms with E-state index in [1.54, 1.807) is 13.8 Å². The molecule has 0 spiro atoms. The molecule has 0 saturated heterocycles. The summed E-state index contributed by atoms with van der Waals surface area (Å²) in [5, 5.41) is 3.42. The van der Waals surface area contributed by atoms with E-state index in [9.17, 15) is 18.0 Å². The zero-order chi connectivity index (χ0) is 18.3. The van der Waals surface area contributed by atoms with Crippen LogP contribution in [0.25, 0.3) is 0 Å². The number of amides is 1. The first-order valence-electron chi connectivity index (χ1n) is 6.57. The van der Waals surface area contributed by atoms with Crippen LogP contribution in [0.1, 0.15) is 30.1 Å². The van der Waals surface area contributed by atoms with Gasteiger partial charge in [-0.05, 0) is 20.8 Å². The molecule has 130 valence electrons. The highest BCUT2D eigenvalue weighted by molar-refractivity contribution is 7.16. The standard InChI is InChI=1S/C13H13ClF3N5OS/c1-5-6(13(15,16)17)4-19-11(20-5)22-8-7(14)21-10(24-8)12(2,3)9(18)23/h4H,1-3H3,(H2,18,23)(H,19,20,22). The summed E-state index contributed by atoms with van der Waals surface area (Å²) < 4.78 is 38.1. The zero-order valence-corrected chi connectivity index (χ0v) is 14.4. The zero-order valence-electron chi connectivity index (χ0n) is 12.8. The number of carbonyl (C=O) groups excluding carboxylic acids is 1. The SMILES string of the molecule is Cc1nc(Nc2sc(C(C)(C)C(N)=O)nc2Cl)ncc1C(F)(F)F. The molecule has 3 N–H and O–H groups in total. The second-order valence-corrected chi connectivity index (χ2v) is 6.80. The van der Waals surface area contributed by atoms with Gasteiger partial charge in [0.15, 0.2) is 5.15 Å². The third-order valence-corrected chi connectivity index (χ3v) is 4.93. The molecular formula is C13H13ClF3N5OS. The molecule has 0 aliphatic heterocycles. The molecule has 2 aromatic heterocycles. The van der Waals surface area contributed by atoms with Gasteiger partial charge in [0.05, 0.1) is 16.7 Å². The number of rotatable bonds is 4. The van der Waals surface area contributed by atoms with Crippen LogP contribution >= 0.6 is 22.9 Å². The fourth-order valence-corrected chi connectivity index (χ4v) is 2.91. The summed E-state index contributed by atoms with van der Waals surface area (Å²) in [7, 11) is 0. The Morgan fingerprint density at radius 3 is 2.46 bits per heavy atom. The molecular weight excluding hydrogens is 367 g/mol. The largest absolute Gasteiger partial charge is 0.419 e. The van der Waals surface area contributed by atoms with Crippen molar-refractivity contribution in [1.82, 2.24) is 15.0 Å². The molecule has 0 fully saturated rings. The Balaban J connectivity index is 2.31. The predicted octanol–water partition coefficient (Wildman–Crippen LogP) is 3.42. The van der Waals surface area contributed by atoms with Gasteiger partial charge in [-0.1, -0.05) is 22.9 Å². The molecule has 0 aliphatic carbocycles. The topological polar surface area (TPSA) is 93.8 Å². The van der Waals surface area contributed by atoms with Crippen LogP contribution in [0, 0.1) is 6.92 Å². The Morgan fingerprint density at radius 1 is 1.33 bits per heavy atom. The molecule has 2 heterocycles. The van der Waals surface area contributed by atoms with Crippen LogP contribution in [0.4, 0.5) is 24.1 Å². The molecule has 24 heavy (non-hydrogen) atoms. The number of nitrogens with zero attached hydrogens (tertiary/aromatic N) is 3. The van der Waals surface area contributed by atoms with Crippen molar-refractivity contribution in [1.29, 1.82) is 0 Å². The number of carbonyl (C=O) groups is 1. The van der Waals surface area contributed by atoms with Crippen molar-refractivity contribution in [2.24, 2.45) is 5.73 Å². The Morgan fingerprint density at radius 2 is 1.96 bits per heavy atom. The Kier molecular flexibility index (Phi) is 4.73. The first-order chi connectivity index (χ1) is 10.9. The molecule has 1 amide bonds. The molecule has 0 atom stereocenters. The van der Waals surface area contributed by atoms with Crippen LogP contribution in [0.2, 0.25) is 5.15 Å². The molecule has 0 unspecified atom stereocenters. The van der Waals surface area contributed by atoms with E-state index in [2.05, 4.69) is 20.3 Å². The van der Waals surface area contributed by atoms with Crippen molar-refractivity contribution in [2.75, 3.05) is 5.32 Å². The lowest BCUT2D eigenvalue weighted by molar-refractivity contribution is -0.138. The number of thiazole rings is 1. The summed E-state index contributed by atoms with van der Waals surface area (Å²) in [4.78, 5) is 22.9. The maximum absolute atomic E-state index is 12.7. The number of hydrogen-bond donors (Lipinski definition) is 2. The highest BCUT2D eigenvalue weighted by Gasteiger charge is 2.34. The van der Waals surface area contributed by atoms with E-state index in [4.69, 9.17) is 17.3 Å². The van der Waals surface area contributed by atoms with E-state index in [0.717, 1.165) is 11.3 Å². The number of primary amides is 1. The van der Waals surface area contributed by atoms with Gasteiger partial charge in [0.2, 0.25) is 11.9 Å². The van der Waals surface area contributed by atoms with Gasteiger partial charge in [0.25, 0.3) is 0 Å². The number of hydrogen-bond acceptors (Lipinski definition) is 6. The van der Waals surface area contributed by atoms with Gasteiger partial charge in [-0.25, -0.2) is 15.0 Å². The number of aryl methyl sites for hydroxylation is 1. The van der Waals surface area contributed by atoms with Gasteiger partial charge in [-0.3, -0.25) is 4.79 Å². The molecule has 0 saturated carbocycles. The molecule has 0 radical (unpaired) electrons. The number of halogens is 4. The monoisotopic (exact) mass is 379 g/mol. The number of anilines is 2. The summed E-state index contributed by atoms with van der Waals surface area (Å²) in [6.07, 6.45) is -3.84. The van der Waals surface area contributed by atoms with Crippen LogP contribution in [-0.2, 0) is 16.4 Å². The van der Waals surface area contributed by atoms with Gasteiger partial charge >= 0.3 is 6.18 Å².